The molecule has 16 heavy (non-hydrogen) atoms. The fraction of sp³-hybridized carbons (Fsp3) is 0.231. The zero-order valence-corrected chi connectivity index (χ0v) is 9.31. The first-order chi connectivity index (χ1) is 7.68. The van der Waals surface area contributed by atoms with Crippen LogP contribution in [-0.4, -0.2) is 10.8 Å². The van der Waals surface area contributed by atoms with E-state index in [1.165, 1.54) is 0 Å². The van der Waals surface area contributed by atoms with Crippen LogP contribution < -0.4 is 0 Å². The number of hydrogen-bond donors (Lipinski definition) is 0. The third kappa shape index (κ3) is 2.03. The van der Waals surface area contributed by atoms with Crippen LogP contribution in [0.3, 0.4) is 0 Å². The van der Waals surface area contributed by atoms with Gasteiger partial charge in [-0.1, -0.05) is 6.92 Å². The molecular formula is C13H13NO2. The molecule has 0 amide bonds. The van der Waals surface area contributed by atoms with Gasteiger partial charge >= 0.3 is 0 Å². The summed E-state index contributed by atoms with van der Waals surface area (Å²) in [6.07, 6.45) is 3.37. The van der Waals surface area contributed by atoms with E-state index < -0.39 is 0 Å². The summed E-state index contributed by atoms with van der Waals surface area (Å²) in [6.45, 7) is 3.70. The van der Waals surface area contributed by atoms with E-state index in [4.69, 9.17) is 4.42 Å². The molecule has 0 saturated carbocycles. The minimum absolute atomic E-state index is 0.000648. The first-order valence-electron chi connectivity index (χ1n) is 5.19. The molecule has 0 fully saturated rings. The van der Waals surface area contributed by atoms with E-state index in [1.807, 2.05) is 26.0 Å². The fourth-order valence-electron chi connectivity index (χ4n) is 1.58. The van der Waals surface area contributed by atoms with Gasteiger partial charge in [-0.05, 0) is 36.8 Å². The Kier molecular flexibility index (Phi) is 2.86. The lowest BCUT2D eigenvalue weighted by molar-refractivity contribution is 0.0937. The molecule has 0 aromatic carbocycles. The molecule has 2 aromatic heterocycles. The maximum Gasteiger partial charge on any atom is 0.205 e. The Hall–Kier alpha value is -1.90. The van der Waals surface area contributed by atoms with Gasteiger partial charge in [-0.25, -0.2) is 0 Å². The molecule has 1 atom stereocenters. The van der Waals surface area contributed by atoms with Crippen molar-refractivity contribution >= 4 is 5.78 Å². The number of aryl methyl sites for hydroxylation is 1. The normalized spacial score (nSPS) is 12.4. The van der Waals surface area contributed by atoms with Crippen molar-refractivity contribution in [1.29, 1.82) is 0 Å². The number of carbonyl (C=O) groups excluding carboxylic acids is 1. The molecule has 0 bridgehead atoms. The van der Waals surface area contributed by atoms with Crippen LogP contribution in [-0.2, 0) is 0 Å². The van der Waals surface area contributed by atoms with Gasteiger partial charge < -0.3 is 4.42 Å². The van der Waals surface area contributed by atoms with E-state index in [0.29, 0.717) is 5.76 Å². The summed E-state index contributed by atoms with van der Waals surface area (Å²) in [6, 6.07) is 7.21. The highest BCUT2D eigenvalue weighted by molar-refractivity contribution is 5.98. The van der Waals surface area contributed by atoms with Crippen molar-refractivity contribution in [3.63, 3.8) is 0 Å². The topological polar surface area (TPSA) is 43.1 Å². The highest BCUT2D eigenvalue weighted by Gasteiger charge is 2.19. The van der Waals surface area contributed by atoms with E-state index >= 15 is 0 Å². The quantitative estimate of drug-likeness (QED) is 0.739. The maximum atomic E-state index is 12.0. The van der Waals surface area contributed by atoms with Crippen molar-refractivity contribution < 1.29 is 9.21 Å². The predicted molar refractivity (Wildman–Crippen MR) is 60.4 cm³/mol. The smallest absolute Gasteiger partial charge is 0.205 e. The SMILES string of the molecule is Cc1ccc(C(=O)C(C)c2ccncc2)o1. The number of Topliss-reactive ketones (excluding diaryl/α,β-unsaturated/α-hetero) is 1. The first-order valence-corrected chi connectivity index (χ1v) is 5.19. The van der Waals surface area contributed by atoms with Gasteiger partial charge in [0, 0.05) is 18.3 Å². The number of aromatic nitrogens is 1. The third-order valence-electron chi connectivity index (χ3n) is 2.58. The second-order valence-electron chi connectivity index (χ2n) is 3.78. The number of rotatable bonds is 3. The minimum Gasteiger partial charge on any atom is -0.458 e. The van der Waals surface area contributed by atoms with Crippen molar-refractivity contribution in [1.82, 2.24) is 4.98 Å². The number of nitrogens with zero attached hydrogens (tertiary/aromatic N) is 1. The number of hydrogen-bond acceptors (Lipinski definition) is 3. The molecule has 0 aliphatic rings. The average Bonchev–Trinajstić information content (AvgIpc) is 2.75. The standard InChI is InChI=1S/C13H13NO2/c1-9-3-4-12(16-9)13(15)10(2)11-5-7-14-8-6-11/h3-8,10H,1-2H3. The highest BCUT2D eigenvalue weighted by Crippen LogP contribution is 2.20. The van der Waals surface area contributed by atoms with Crippen molar-refractivity contribution in [3.05, 3.63) is 53.7 Å². The van der Waals surface area contributed by atoms with E-state index in [2.05, 4.69) is 4.98 Å². The van der Waals surface area contributed by atoms with E-state index in [9.17, 15) is 4.79 Å². The zero-order valence-electron chi connectivity index (χ0n) is 9.31. The second-order valence-corrected chi connectivity index (χ2v) is 3.78. The monoisotopic (exact) mass is 215 g/mol. The summed E-state index contributed by atoms with van der Waals surface area (Å²) < 4.78 is 5.32. The summed E-state index contributed by atoms with van der Waals surface area (Å²) >= 11 is 0. The molecule has 0 saturated heterocycles. The maximum absolute atomic E-state index is 12.0. The van der Waals surface area contributed by atoms with Gasteiger partial charge in [0.2, 0.25) is 5.78 Å². The van der Waals surface area contributed by atoms with Gasteiger partial charge in [-0.2, -0.15) is 0 Å². The molecule has 3 nitrogen and oxygen atoms in total. The molecule has 82 valence electrons. The Morgan fingerprint density at radius 1 is 1.25 bits per heavy atom. The van der Waals surface area contributed by atoms with Crippen molar-refractivity contribution in [3.8, 4) is 0 Å². The molecular weight excluding hydrogens is 202 g/mol. The lowest BCUT2D eigenvalue weighted by Gasteiger charge is -2.08. The Balaban J connectivity index is 2.23. The Labute approximate surface area is 94.1 Å². The average molecular weight is 215 g/mol. The molecule has 0 N–H and O–H groups in total. The summed E-state index contributed by atoms with van der Waals surface area (Å²) in [5, 5.41) is 0. The van der Waals surface area contributed by atoms with Crippen LogP contribution in [0.25, 0.3) is 0 Å². The molecule has 1 unspecified atom stereocenters. The van der Waals surface area contributed by atoms with Crippen molar-refractivity contribution in [2.24, 2.45) is 0 Å². The van der Waals surface area contributed by atoms with Crippen molar-refractivity contribution in [2.45, 2.75) is 19.8 Å². The first kappa shape index (κ1) is 10.6. The lowest BCUT2D eigenvalue weighted by atomic mass is 9.96. The van der Waals surface area contributed by atoms with Crippen LogP contribution in [0.5, 0.6) is 0 Å². The number of ketones is 1. The summed E-state index contributed by atoms with van der Waals surface area (Å²) in [5.41, 5.74) is 0.953. The highest BCUT2D eigenvalue weighted by atomic mass is 16.3. The van der Waals surface area contributed by atoms with Crippen LogP contribution in [0.2, 0.25) is 0 Å². The summed E-state index contributed by atoms with van der Waals surface area (Å²) in [4.78, 5) is 16.0. The molecule has 2 heterocycles. The molecule has 2 aromatic rings. The van der Waals surface area contributed by atoms with Gasteiger partial charge in [0.05, 0.1) is 0 Å². The van der Waals surface area contributed by atoms with Crippen LogP contribution in [0.1, 0.15) is 34.7 Å². The van der Waals surface area contributed by atoms with Gasteiger partial charge in [0.1, 0.15) is 5.76 Å². The van der Waals surface area contributed by atoms with Crippen LogP contribution in [0, 0.1) is 6.92 Å². The van der Waals surface area contributed by atoms with Crippen LogP contribution >= 0.6 is 0 Å². The molecule has 3 heteroatoms. The Morgan fingerprint density at radius 2 is 1.94 bits per heavy atom. The van der Waals surface area contributed by atoms with Gasteiger partial charge in [-0.15, -0.1) is 0 Å². The predicted octanol–water partition coefficient (Wildman–Crippen LogP) is 2.97. The van der Waals surface area contributed by atoms with E-state index in [1.54, 1.807) is 24.5 Å². The van der Waals surface area contributed by atoms with Gasteiger partial charge in [0.25, 0.3) is 0 Å². The number of carbonyl (C=O) groups is 1. The van der Waals surface area contributed by atoms with Crippen LogP contribution in [0.15, 0.2) is 41.1 Å². The van der Waals surface area contributed by atoms with Gasteiger partial charge in [0.15, 0.2) is 5.76 Å². The minimum atomic E-state index is -0.200. The summed E-state index contributed by atoms with van der Waals surface area (Å²) in [7, 11) is 0. The third-order valence-corrected chi connectivity index (χ3v) is 2.58. The molecule has 0 aliphatic carbocycles. The van der Waals surface area contributed by atoms with E-state index in [-0.39, 0.29) is 11.7 Å². The summed E-state index contributed by atoms with van der Waals surface area (Å²) in [5.74, 6) is 0.972. The molecule has 0 spiro atoms. The number of furan rings is 1. The molecule has 0 radical (unpaired) electrons. The Bertz CT molecular complexity index is 488. The number of pyridine rings is 1. The van der Waals surface area contributed by atoms with Gasteiger partial charge in [-0.3, -0.25) is 9.78 Å². The zero-order chi connectivity index (χ0) is 11.5. The fourth-order valence-corrected chi connectivity index (χ4v) is 1.58. The van der Waals surface area contributed by atoms with E-state index in [0.717, 1.165) is 11.3 Å². The molecule has 2 rings (SSSR count). The Morgan fingerprint density at radius 3 is 2.50 bits per heavy atom. The molecule has 0 aliphatic heterocycles. The van der Waals surface area contributed by atoms with Crippen LogP contribution in [0.4, 0.5) is 0 Å². The largest absolute Gasteiger partial charge is 0.458 e. The van der Waals surface area contributed by atoms with Crippen molar-refractivity contribution in [2.75, 3.05) is 0 Å². The second kappa shape index (κ2) is 4.31. The lowest BCUT2D eigenvalue weighted by Crippen LogP contribution is -2.08.